The maximum absolute atomic E-state index is 9.48. The molecule has 0 aliphatic rings. The van der Waals surface area contributed by atoms with Crippen molar-refractivity contribution >= 4 is 27.5 Å². The number of rotatable bonds is 2. The predicted molar refractivity (Wildman–Crippen MR) is 67.3 cm³/mol. The largest absolute Gasteiger partial charge is 0.507 e. The molecule has 2 aromatic rings. The van der Waals surface area contributed by atoms with Crippen LogP contribution in [0.4, 0.5) is 0 Å². The molecule has 0 aliphatic carbocycles. The average Bonchev–Trinajstić information content (AvgIpc) is 2.24. The van der Waals surface area contributed by atoms with E-state index in [1.807, 2.05) is 0 Å². The van der Waals surface area contributed by atoms with E-state index in [0.717, 1.165) is 0 Å². The van der Waals surface area contributed by atoms with Gasteiger partial charge in [0.15, 0.2) is 0 Å². The van der Waals surface area contributed by atoms with E-state index < -0.39 is 0 Å². The highest BCUT2D eigenvalue weighted by Gasteiger charge is 2.02. The number of halogens is 2. The third-order valence-corrected chi connectivity index (χ3v) is 2.86. The minimum absolute atomic E-state index is 0.138. The lowest BCUT2D eigenvalue weighted by atomic mass is 10.3. The highest BCUT2D eigenvalue weighted by Crippen LogP contribution is 2.31. The van der Waals surface area contributed by atoms with Crippen LogP contribution >= 0.6 is 27.5 Å². The van der Waals surface area contributed by atoms with Gasteiger partial charge in [0.25, 0.3) is 0 Å². The van der Waals surface area contributed by atoms with Gasteiger partial charge in [0.05, 0.1) is 4.47 Å². The Bertz CT molecular complexity index is 514. The summed E-state index contributed by atoms with van der Waals surface area (Å²) in [6.45, 7) is 0. The molecule has 16 heavy (non-hydrogen) atoms. The van der Waals surface area contributed by atoms with Crippen molar-refractivity contribution < 1.29 is 9.84 Å². The SMILES string of the molecule is Oc1cc(Oc2cccc(Cl)c2)ccc1Br. The number of aromatic hydroxyl groups is 1. The fourth-order valence-corrected chi connectivity index (χ4v) is 1.65. The molecule has 0 unspecified atom stereocenters. The van der Waals surface area contributed by atoms with Gasteiger partial charge in [-0.2, -0.15) is 0 Å². The monoisotopic (exact) mass is 298 g/mol. The summed E-state index contributed by atoms with van der Waals surface area (Å²) < 4.78 is 6.16. The molecular weight excluding hydrogens is 291 g/mol. The summed E-state index contributed by atoms with van der Waals surface area (Å²) in [4.78, 5) is 0. The molecule has 82 valence electrons. The fraction of sp³-hybridized carbons (Fsp3) is 0. The summed E-state index contributed by atoms with van der Waals surface area (Å²) in [5, 5.41) is 10.1. The number of benzene rings is 2. The van der Waals surface area contributed by atoms with Crippen LogP contribution in [0.2, 0.25) is 5.02 Å². The normalized spacial score (nSPS) is 10.1. The zero-order valence-corrected chi connectivity index (χ0v) is 10.5. The van der Waals surface area contributed by atoms with Crippen LogP contribution in [0, 0.1) is 0 Å². The molecule has 0 fully saturated rings. The quantitative estimate of drug-likeness (QED) is 0.878. The van der Waals surface area contributed by atoms with Gasteiger partial charge in [-0.3, -0.25) is 0 Å². The van der Waals surface area contributed by atoms with Gasteiger partial charge in [-0.25, -0.2) is 0 Å². The summed E-state index contributed by atoms with van der Waals surface area (Å²) in [5.41, 5.74) is 0. The van der Waals surface area contributed by atoms with E-state index in [4.69, 9.17) is 16.3 Å². The van der Waals surface area contributed by atoms with Crippen LogP contribution in [0.5, 0.6) is 17.2 Å². The Morgan fingerprint density at radius 2 is 1.81 bits per heavy atom. The Kier molecular flexibility index (Phi) is 3.36. The van der Waals surface area contributed by atoms with Crippen LogP contribution in [-0.4, -0.2) is 5.11 Å². The molecule has 0 aliphatic heterocycles. The van der Waals surface area contributed by atoms with E-state index >= 15 is 0 Å². The maximum Gasteiger partial charge on any atom is 0.133 e. The van der Waals surface area contributed by atoms with E-state index in [9.17, 15) is 5.11 Å². The lowest BCUT2D eigenvalue weighted by molar-refractivity contribution is 0.453. The summed E-state index contributed by atoms with van der Waals surface area (Å²) in [7, 11) is 0. The van der Waals surface area contributed by atoms with Gasteiger partial charge in [0, 0.05) is 11.1 Å². The topological polar surface area (TPSA) is 29.5 Å². The molecule has 2 aromatic carbocycles. The van der Waals surface area contributed by atoms with Crippen molar-refractivity contribution in [3.05, 3.63) is 52.0 Å². The van der Waals surface area contributed by atoms with Gasteiger partial charge in [0.1, 0.15) is 17.2 Å². The second-order valence-corrected chi connectivity index (χ2v) is 4.46. The lowest BCUT2D eigenvalue weighted by Gasteiger charge is -2.06. The van der Waals surface area contributed by atoms with Gasteiger partial charge in [-0.05, 0) is 46.3 Å². The predicted octanol–water partition coefficient (Wildman–Crippen LogP) is 4.60. The van der Waals surface area contributed by atoms with Gasteiger partial charge in [-0.1, -0.05) is 17.7 Å². The standard InChI is InChI=1S/C12H8BrClO2/c13-11-5-4-10(7-12(11)15)16-9-3-1-2-8(14)6-9/h1-7,15H. The molecule has 0 saturated carbocycles. The van der Waals surface area contributed by atoms with Crippen LogP contribution in [0.1, 0.15) is 0 Å². The van der Waals surface area contributed by atoms with Crippen LogP contribution in [0.25, 0.3) is 0 Å². The summed E-state index contributed by atoms with van der Waals surface area (Å²) in [6, 6.07) is 12.1. The van der Waals surface area contributed by atoms with E-state index in [1.165, 1.54) is 6.07 Å². The van der Waals surface area contributed by atoms with Crippen molar-refractivity contribution in [2.75, 3.05) is 0 Å². The van der Waals surface area contributed by atoms with E-state index in [0.29, 0.717) is 21.0 Å². The van der Waals surface area contributed by atoms with Crippen LogP contribution in [-0.2, 0) is 0 Å². The first-order valence-electron chi connectivity index (χ1n) is 4.57. The molecule has 0 heterocycles. The minimum Gasteiger partial charge on any atom is -0.507 e. The molecule has 0 bridgehead atoms. The first kappa shape index (κ1) is 11.3. The Labute approximate surface area is 107 Å². The molecule has 2 nitrogen and oxygen atoms in total. The van der Waals surface area contributed by atoms with Crippen LogP contribution in [0.3, 0.4) is 0 Å². The van der Waals surface area contributed by atoms with Crippen molar-refractivity contribution in [3.8, 4) is 17.2 Å². The summed E-state index contributed by atoms with van der Waals surface area (Å²) in [5.74, 6) is 1.33. The Balaban J connectivity index is 2.24. The molecule has 4 heteroatoms. The van der Waals surface area contributed by atoms with Gasteiger partial charge in [-0.15, -0.1) is 0 Å². The molecular formula is C12H8BrClO2. The number of phenolic OH excluding ortho intramolecular Hbond substituents is 1. The van der Waals surface area contributed by atoms with Gasteiger partial charge < -0.3 is 9.84 Å². The first-order chi connectivity index (χ1) is 7.65. The number of hydrogen-bond acceptors (Lipinski definition) is 2. The molecule has 0 amide bonds. The van der Waals surface area contributed by atoms with Crippen molar-refractivity contribution in [1.29, 1.82) is 0 Å². The van der Waals surface area contributed by atoms with Crippen molar-refractivity contribution in [3.63, 3.8) is 0 Å². The van der Waals surface area contributed by atoms with Gasteiger partial charge >= 0.3 is 0 Å². The first-order valence-corrected chi connectivity index (χ1v) is 5.74. The molecule has 0 saturated heterocycles. The zero-order chi connectivity index (χ0) is 11.5. The Hall–Kier alpha value is -1.19. The second-order valence-electron chi connectivity index (χ2n) is 3.17. The minimum atomic E-state index is 0.138. The average molecular weight is 300 g/mol. The second kappa shape index (κ2) is 4.76. The summed E-state index contributed by atoms with van der Waals surface area (Å²) in [6.07, 6.45) is 0. The molecule has 0 aromatic heterocycles. The zero-order valence-electron chi connectivity index (χ0n) is 8.15. The highest BCUT2D eigenvalue weighted by atomic mass is 79.9. The third kappa shape index (κ3) is 2.68. The molecule has 0 radical (unpaired) electrons. The van der Waals surface area contributed by atoms with Gasteiger partial charge in [0.2, 0.25) is 0 Å². The van der Waals surface area contributed by atoms with Crippen molar-refractivity contribution in [2.24, 2.45) is 0 Å². The van der Waals surface area contributed by atoms with Crippen LogP contribution < -0.4 is 4.74 Å². The highest BCUT2D eigenvalue weighted by molar-refractivity contribution is 9.10. The van der Waals surface area contributed by atoms with Crippen LogP contribution in [0.15, 0.2) is 46.9 Å². The maximum atomic E-state index is 9.48. The lowest BCUT2D eigenvalue weighted by Crippen LogP contribution is -1.83. The third-order valence-electron chi connectivity index (χ3n) is 1.95. The fourth-order valence-electron chi connectivity index (χ4n) is 1.22. The summed E-state index contributed by atoms with van der Waals surface area (Å²) >= 11 is 9.03. The Morgan fingerprint density at radius 3 is 2.50 bits per heavy atom. The van der Waals surface area contributed by atoms with Crippen molar-refractivity contribution in [1.82, 2.24) is 0 Å². The van der Waals surface area contributed by atoms with E-state index in [-0.39, 0.29) is 5.75 Å². The smallest absolute Gasteiger partial charge is 0.133 e. The van der Waals surface area contributed by atoms with E-state index in [1.54, 1.807) is 36.4 Å². The molecule has 0 atom stereocenters. The number of ether oxygens (including phenoxy) is 1. The Morgan fingerprint density at radius 1 is 1.06 bits per heavy atom. The molecule has 2 rings (SSSR count). The number of hydrogen-bond donors (Lipinski definition) is 1. The van der Waals surface area contributed by atoms with Crippen molar-refractivity contribution in [2.45, 2.75) is 0 Å². The molecule has 1 N–H and O–H groups in total. The molecule has 0 spiro atoms. The number of phenols is 1. The van der Waals surface area contributed by atoms with E-state index in [2.05, 4.69) is 15.9 Å².